The van der Waals surface area contributed by atoms with Gasteiger partial charge in [-0.2, -0.15) is 0 Å². The third kappa shape index (κ3) is 14.3. The normalized spacial score (nSPS) is 10.7. The number of nitrogens with zero attached hydrogens (tertiary/aromatic N) is 1. The molecule has 0 unspecified atom stereocenters. The van der Waals surface area contributed by atoms with Gasteiger partial charge >= 0.3 is 0 Å². The van der Waals surface area contributed by atoms with Crippen LogP contribution in [0.25, 0.3) is 0 Å². The van der Waals surface area contributed by atoms with Gasteiger partial charge < -0.3 is 4.90 Å². The fraction of sp³-hybridized carbons (Fsp3) is 0.368. The Hall–Kier alpha value is -1.76. The fourth-order valence-corrected chi connectivity index (χ4v) is 1.10. The largest absolute Gasteiger partial charge is 0.348 e. The molecule has 0 aliphatic carbocycles. The third-order valence-corrected chi connectivity index (χ3v) is 2.12. The van der Waals surface area contributed by atoms with E-state index < -0.39 is 0 Å². The van der Waals surface area contributed by atoms with Crippen molar-refractivity contribution in [2.24, 2.45) is 0 Å². The zero-order valence-electron chi connectivity index (χ0n) is 14.3. The van der Waals surface area contributed by atoms with Crippen LogP contribution in [0.15, 0.2) is 73.7 Å². The van der Waals surface area contributed by atoms with Crippen LogP contribution < -0.4 is 0 Å². The van der Waals surface area contributed by atoms with E-state index >= 15 is 0 Å². The maximum Gasteiger partial charge on any atom is 0.0399 e. The summed E-state index contributed by atoms with van der Waals surface area (Å²) >= 11 is 0. The monoisotopic (exact) mass is 275 g/mol. The molecule has 0 spiro atoms. The standard InChI is InChI=1S/C14H21N.C3H6.C2H6/c1-6-9-10-12-13(4)15(5)14(8-3)11-7-2;1-3-2;1-2/h7-12H,2-3,6H2,1,4-5H3;3H,1H2,2H3;1-2H3/b10-9-,13-12+,14-11+;;. The number of hydrogen-bond donors (Lipinski definition) is 0. The third-order valence-electron chi connectivity index (χ3n) is 2.12. The summed E-state index contributed by atoms with van der Waals surface area (Å²) in [6, 6.07) is 0. The van der Waals surface area contributed by atoms with Gasteiger partial charge in [0.05, 0.1) is 0 Å². The van der Waals surface area contributed by atoms with E-state index in [0.717, 1.165) is 12.1 Å². The van der Waals surface area contributed by atoms with Crippen LogP contribution in [-0.2, 0) is 0 Å². The highest BCUT2D eigenvalue weighted by atomic mass is 15.1. The molecular weight excluding hydrogens is 242 g/mol. The molecule has 114 valence electrons. The lowest BCUT2D eigenvalue weighted by atomic mass is 10.3. The summed E-state index contributed by atoms with van der Waals surface area (Å²) in [4.78, 5) is 2.08. The van der Waals surface area contributed by atoms with Gasteiger partial charge in [0.15, 0.2) is 0 Å². The fourth-order valence-electron chi connectivity index (χ4n) is 1.10. The second kappa shape index (κ2) is 19.6. The molecule has 0 heterocycles. The predicted octanol–water partition coefficient (Wildman–Crippen LogP) is 6.26. The Morgan fingerprint density at radius 1 is 1.10 bits per heavy atom. The van der Waals surface area contributed by atoms with Crippen LogP contribution in [0.4, 0.5) is 0 Å². The first-order valence-electron chi connectivity index (χ1n) is 7.18. The van der Waals surface area contributed by atoms with Crippen LogP contribution >= 0.6 is 0 Å². The first-order chi connectivity index (χ1) is 9.58. The minimum atomic E-state index is 1.05. The Balaban J connectivity index is -0.000000505. The molecule has 0 fully saturated rings. The Bertz CT molecular complexity index is 330. The van der Waals surface area contributed by atoms with E-state index in [-0.39, 0.29) is 0 Å². The number of allylic oxidation sites excluding steroid dienone is 8. The molecular formula is C19H33N. The highest BCUT2D eigenvalue weighted by molar-refractivity contribution is 5.25. The molecule has 20 heavy (non-hydrogen) atoms. The Morgan fingerprint density at radius 2 is 1.60 bits per heavy atom. The lowest BCUT2D eigenvalue weighted by molar-refractivity contribution is 0.538. The molecule has 0 atom stereocenters. The molecule has 0 bridgehead atoms. The van der Waals surface area contributed by atoms with Gasteiger partial charge in [0, 0.05) is 18.4 Å². The van der Waals surface area contributed by atoms with E-state index in [1.807, 2.05) is 40.0 Å². The molecule has 0 amide bonds. The minimum Gasteiger partial charge on any atom is -0.348 e. The molecule has 1 heteroatoms. The molecule has 0 aliphatic heterocycles. The van der Waals surface area contributed by atoms with Crippen LogP contribution in [0, 0.1) is 0 Å². The van der Waals surface area contributed by atoms with E-state index in [9.17, 15) is 0 Å². The first kappa shape index (κ1) is 23.3. The summed E-state index contributed by atoms with van der Waals surface area (Å²) in [5.41, 5.74) is 2.22. The van der Waals surface area contributed by atoms with Crippen LogP contribution in [0.2, 0.25) is 0 Å². The highest BCUT2D eigenvalue weighted by Gasteiger charge is 2.00. The van der Waals surface area contributed by atoms with E-state index in [1.165, 1.54) is 5.70 Å². The molecule has 0 radical (unpaired) electrons. The second-order valence-electron chi connectivity index (χ2n) is 3.64. The van der Waals surface area contributed by atoms with Crippen molar-refractivity contribution in [3.05, 3.63) is 73.7 Å². The van der Waals surface area contributed by atoms with Gasteiger partial charge in [-0.25, -0.2) is 0 Å². The van der Waals surface area contributed by atoms with E-state index in [4.69, 9.17) is 0 Å². The molecule has 0 aromatic heterocycles. The average molecular weight is 275 g/mol. The van der Waals surface area contributed by atoms with Gasteiger partial charge in [-0.3, -0.25) is 0 Å². The lowest BCUT2D eigenvalue weighted by Crippen LogP contribution is -2.13. The zero-order valence-corrected chi connectivity index (χ0v) is 14.3. The molecule has 0 N–H and O–H groups in total. The zero-order chi connectivity index (χ0) is 16.4. The van der Waals surface area contributed by atoms with Gasteiger partial charge in [0.2, 0.25) is 0 Å². The van der Waals surface area contributed by atoms with Gasteiger partial charge in [0.1, 0.15) is 0 Å². The molecule has 0 aromatic carbocycles. The maximum atomic E-state index is 3.78. The van der Waals surface area contributed by atoms with E-state index in [2.05, 4.69) is 56.7 Å². The molecule has 0 saturated heterocycles. The van der Waals surface area contributed by atoms with Crippen LogP contribution in [0.5, 0.6) is 0 Å². The van der Waals surface area contributed by atoms with Crippen molar-refractivity contribution in [3.63, 3.8) is 0 Å². The highest BCUT2D eigenvalue weighted by Crippen LogP contribution is 2.10. The van der Waals surface area contributed by atoms with Crippen molar-refractivity contribution in [2.45, 2.75) is 41.0 Å². The lowest BCUT2D eigenvalue weighted by Gasteiger charge is -2.20. The van der Waals surface area contributed by atoms with E-state index in [0.29, 0.717) is 0 Å². The van der Waals surface area contributed by atoms with Crippen molar-refractivity contribution < 1.29 is 0 Å². The Labute approximate surface area is 127 Å². The van der Waals surface area contributed by atoms with Gasteiger partial charge in [-0.1, -0.05) is 58.2 Å². The van der Waals surface area contributed by atoms with Gasteiger partial charge in [-0.05, 0) is 38.5 Å². The topological polar surface area (TPSA) is 3.24 Å². The Morgan fingerprint density at radius 3 is 1.95 bits per heavy atom. The quantitative estimate of drug-likeness (QED) is 0.408. The van der Waals surface area contributed by atoms with Crippen molar-refractivity contribution in [1.29, 1.82) is 0 Å². The number of likely N-dealkylation sites (N-methyl/N-ethyl adjacent to an activating group) is 1. The summed E-state index contributed by atoms with van der Waals surface area (Å²) in [7, 11) is 2.02. The minimum absolute atomic E-state index is 1.05. The van der Waals surface area contributed by atoms with Crippen molar-refractivity contribution >= 4 is 0 Å². The van der Waals surface area contributed by atoms with Crippen LogP contribution in [0.3, 0.4) is 0 Å². The molecule has 0 rings (SSSR count). The van der Waals surface area contributed by atoms with E-state index in [1.54, 1.807) is 12.2 Å². The smallest absolute Gasteiger partial charge is 0.0399 e. The van der Waals surface area contributed by atoms with Crippen molar-refractivity contribution in [2.75, 3.05) is 7.05 Å². The van der Waals surface area contributed by atoms with Crippen molar-refractivity contribution in [1.82, 2.24) is 4.90 Å². The summed E-state index contributed by atoms with van der Waals surface area (Å²) in [5.74, 6) is 0. The summed E-state index contributed by atoms with van der Waals surface area (Å²) in [6.45, 7) is 20.9. The first-order valence-corrected chi connectivity index (χ1v) is 7.18. The van der Waals surface area contributed by atoms with Gasteiger partial charge in [0.25, 0.3) is 0 Å². The average Bonchev–Trinajstić information content (AvgIpc) is 2.47. The SMILES string of the molecule is C=C/C=C(\C=C)N(C)/C(C)=C/C=C\CC.C=CC.CC. The summed E-state index contributed by atoms with van der Waals surface area (Å²) in [6.07, 6.45) is 14.6. The van der Waals surface area contributed by atoms with Crippen LogP contribution in [-0.4, -0.2) is 11.9 Å². The van der Waals surface area contributed by atoms with Gasteiger partial charge in [-0.15, -0.1) is 6.58 Å². The predicted molar refractivity (Wildman–Crippen MR) is 96.6 cm³/mol. The second-order valence-corrected chi connectivity index (χ2v) is 3.64. The number of hydrogen-bond acceptors (Lipinski definition) is 1. The number of rotatable bonds is 6. The molecule has 0 saturated carbocycles. The molecule has 0 aliphatic rings. The van der Waals surface area contributed by atoms with Crippen LogP contribution in [0.1, 0.15) is 41.0 Å². The Kier molecular flexibility index (Phi) is 22.8. The summed E-state index contributed by atoms with van der Waals surface area (Å²) < 4.78 is 0. The maximum absolute atomic E-state index is 3.78. The van der Waals surface area contributed by atoms with Crippen molar-refractivity contribution in [3.8, 4) is 0 Å². The molecule has 0 aromatic rings. The summed E-state index contributed by atoms with van der Waals surface area (Å²) in [5, 5.41) is 0. The molecule has 1 nitrogen and oxygen atoms in total.